The molecule has 13 unspecified atom stereocenters. The Bertz CT molecular complexity index is 1050. The second-order valence-electron chi connectivity index (χ2n) is 14.0. The van der Waals surface area contributed by atoms with E-state index in [0.717, 1.165) is 24.8 Å². The fourth-order valence-electron chi connectivity index (χ4n) is 10.5. The van der Waals surface area contributed by atoms with Crippen LogP contribution in [0.4, 0.5) is 0 Å². The van der Waals surface area contributed by atoms with E-state index in [1.54, 1.807) is 13.2 Å². The van der Waals surface area contributed by atoms with Crippen molar-refractivity contribution < 1.29 is 48.9 Å². The van der Waals surface area contributed by atoms with Crippen LogP contribution in [-0.2, 0) is 28.5 Å². The second-order valence-corrected chi connectivity index (χ2v) is 14.0. The molecule has 0 aromatic heterocycles. The molecule has 2 aliphatic heterocycles. The molecule has 0 aromatic carbocycles. The number of fused-ring (bicyclic) bond motifs is 5. The largest absolute Gasteiger partial charge is 0.458 e. The Morgan fingerprint density at radius 2 is 1.73 bits per heavy atom. The molecule has 0 aromatic rings. The molecule has 0 radical (unpaired) electrons. The van der Waals surface area contributed by atoms with Gasteiger partial charge in [0.15, 0.2) is 6.29 Å². The molecule has 5 fully saturated rings. The molecule has 232 valence electrons. The first kappa shape index (κ1) is 29.9. The van der Waals surface area contributed by atoms with E-state index >= 15 is 0 Å². The molecule has 1 saturated heterocycles. The van der Waals surface area contributed by atoms with Crippen molar-refractivity contribution in [3.63, 3.8) is 0 Å². The van der Waals surface area contributed by atoms with Gasteiger partial charge in [-0.25, -0.2) is 4.79 Å². The van der Waals surface area contributed by atoms with Gasteiger partial charge < -0.3 is 44.1 Å². The summed E-state index contributed by atoms with van der Waals surface area (Å²) in [5.74, 6) is -0.290. The van der Waals surface area contributed by atoms with Crippen molar-refractivity contribution in [1.29, 1.82) is 0 Å². The molecule has 0 spiro atoms. The van der Waals surface area contributed by atoms with Crippen molar-refractivity contribution in [2.24, 2.45) is 28.6 Å². The molecule has 10 heteroatoms. The van der Waals surface area contributed by atoms with Crippen LogP contribution in [0.25, 0.3) is 0 Å². The van der Waals surface area contributed by atoms with Gasteiger partial charge in [0.25, 0.3) is 0 Å². The number of hydrogen-bond acceptors (Lipinski definition) is 10. The molecular formula is C31H48O10. The standard InChI is InChI=1S/C31H48O10/c1-17-25(37-3)26(38-4)24(34)27(40-17)41-19-5-10-29(16-32)21-6-9-28(2)20(18-13-23(33)39-15-18)8-12-31(28,36)22(21)7-11-30(29,35)14-19/h13,17,19-22,24-27,32,34-36H,5-12,14-16H2,1-4H3. The number of aliphatic hydroxyl groups excluding tert-OH is 2. The van der Waals surface area contributed by atoms with Crippen LogP contribution in [0.2, 0.25) is 0 Å². The number of aliphatic hydroxyl groups is 4. The predicted molar refractivity (Wildman–Crippen MR) is 145 cm³/mol. The Labute approximate surface area is 242 Å². The highest BCUT2D eigenvalue weighted by Gasteiger charge is 2.71. The summed E-state index contributed by atoms with van der Waals surface area (Å²) in [7, 11) is 3.09. The molecule has 10 nitrogen and oxygen atoms in total. The number of carbonyl (C=O) groups excluding carboxylic acids is 1. The smallest absolute Gasteiger partial charge is 0.331 e. The van der Waals surface area contributed by atoms with Crippen molar-refractivity contribution in [2.45, 2.75) is 120 Å². The lowest BCUT2D eigenvalue weighted by Crippen LogP contribution is -2.69. The van der Waals surface area contributed by atoms with Crippen molar-refractivity contribution in [3.8, 4) is 0 Å². The SMILES string of the molecule is COC1C(C)OC(OC2CCC3(CO)C4CCC5(C)C(C6=CC(=O)OC6)CCC5(O)C4CCC3(O)C2)C(O)C1OC. The highest BCUT2D eigenvalue weighted by Crippen LogP contribution is 2.70. The van der Waals surface area contributed by atoms with Gasteiger partial charge >= 0.3 is 5.97 Å². The van der Waals surface area contributed by atoms with Gasteiger partial charge in [0.1, 0.15) is 24.9 Å². The Hall–Kier alpha value is -1.11. The van der Waals surface area contributed by atoms with Crippen LogP contribution in [0.1, 0.15) is 71.6 Å². The first-order valence-corrected chi connectivity index (χ1v) is 15.4. The van der Waals surface area contributed by atoms with Gasteiger partial charge in [-0.3, -0.25) is 0 Å². The lowest BCUT2D eigenvalue weighted by molar-refractivity contribution is -0.326. The van der Waals surface area contributed by atoms with E-state index in [-0.39, 0.29) is 48.0 Å². The zero-order valence-corrected chi connectivity index (χ0v) is 24.8. The minimum atomic E-state index is -1.16. The average Bonchev–Trinajstić information content (AvgIpc) is 3.49. The van der Waals surface area contributed by atoms with Crippen LogP contribution in [0.15, 0.2) is 11.6 Å². The lowest BCUT2D eigenvalue weighted by atomic mass is 9.41. The van der Waals surface area contributed by atoms with Crippen molar-refractivity contribution in [1.82, 2.24) is 0 Å². The van der Waals surface area contributed by atoms with Gasteiger partial charge in [0, 0.05) is 37.5 Å². The number of cyclic esters (lactones) is 1. The van der Waals surface area contributed by atoms with Crippen molar-refractivity contribution >= 4 is 5.97 Å². The molecular weight excluding hydrogens is 532 g/mol. The minimum Gasteiger partial charge on any atom is -0.458 e. The summed E-state index contributed by atoms with van der Waals surface area (Å²) in [4.78, 5) is 11.8. The maximum atomic E-state index is 12.5. The van der Waals surface area contributed by atoms with E-state index < -0.39 is 41.2 Å². The summed E-state index contributed by atoms with van der Waals surface area (Å²) >= 11 is 0. The highest BCUT2D eigenvalue weighted by atomic mass is 16.7. The summed E-state index contributed by atoms with van der Waals surface area (Å²) in [5, 5.41) is 46.7. The van der Waals surface area contributed by atoms with Crippen LogP contribution >= 0.6 is 0 Å². The van der Waals surface area contributed by atoms with E-state index in [1.807, 2.05) is 6.92 Å². The first-order chi connectivity index (χ1) is 19.5. The molecule has 6 rings (SSSR count). The van der Waals surface area contributed by atoms with Crippen LogP contribution < -0.4 is 0 Å². The first-order valence-electron chi connectivity index (χ1n) is 15.4. The minimum absolute atomic E-state index is 0.0312. The number of rotatable bonds is 6. The number of esters is 1. The Balaban J connectivity index is 1.21. The Morgan fingerprint density at radius 1 is 1.00 bits per heavy atom. The molecule has 4 N–H and O–H groups in total. The third kappa shape index (κ3) is 4.23. The third-order valence-corrected chi connectivity index (χ3v) is 12.7. The molecule has 13 atom stereocenters. The Kier molecular flexibility index (Phi) is 7.67. The van der Waals surface area contributed by atoms with Crippen LogP contribution in [0.3, 0.4) is 0 Å². The van der Waals surface area contributed by atoms with Gasteiger partial charge in [0.2, 0.25) is 0 Å². The molecule has 0 amide bonds. The topological polar surface area (TPSA) is 144 Å². The summed E-state index contributed by atoms with van der Waals surface area (Å²) < 4.78 is 28.6. The summed E-state index contributed by atoms with van der Waals surface area (Å²) in [5.41, 5.74) is -2.24. The molecule has 4 aliphatic carbocycles. The van der Waals surface area contributed by atoms with Gasteiger partial charge in [-0.05, 0) is 81.6 Å². The van der Waals surface area contributed by atoms with Crippen LogP contribution in [0.5, 0.6) is 0 Å². The van der Waals surface area contributed by atoms with E-state index in [4.69, 9.17) is 23.7 Å². The summed E-state index contributed by atoms with van der Waals surface area (Å²) in [6, 6.07) is 0. The Morgan fingerprint density at radius 3 is 2.39 bits per heavy atom. The van der Waals surface area contributed by atoms with Crippen molar-refractivity contribution in [2.75, 3.05) is 27.4 Å². The molecule has 6 aliphatic rings. The number of carbonyl (C=O) groups is 1. The van der Waals surface area contributed by atoms with Gasteiger partial charge in [0.05, 0.1) is 30.0 Å². The molecule has 41 heavy (non-hydrogen) atoms. The number of hydrogen-bond donors (Lipinski definition) is 4. The monoisotopic (exact) mass is 580 g/mol. The van der Waals surface area contributed by atoms with E-state index in [1.165, 1.54) is 7.11 Å². The van der Waals surface area contributed by atoms with Gasteiger partial charge in [-0.1, -0.05) is 6.92 Å². The predicted octanol–water partition coefficient (Wildman–Crippen LogP) is 1.85. The van der Waals surface area contributed by atoms with E-state index in [2.05, 4.69) is 6.92 Å². The van der Waals surface area contributed by atoms with Crippen LogP contribution in [0, 0.1) is 28.6 Å². The summed E-state index contributed by atoms with van der Waals surface area (Å²) in [6.45, 7) is 4.18. The third-order valence-electron chi connectivity index (χ3n) is 12.7. The lowest BCUT2D eigenvalue weighted by Gasteiger charge is -2.66. The normalized spacial score (nSPS) is 53.2. The average molecular weight is 581 g/mol. The number of methoxy groups -OCH3 is 2. The zero-order valence-electron chi connectivity index (χ0n) is 24.8. The summed E-state index contributed by atoms with van der Waals surface area (Å²) in [6.07, 6.45) is 3.50. The maximum absolute atomic E-state index is 12.5. The van der Waals surface area contributed by atoms with Crippen molar-refractivity contribution in [3.05, 3.63) is 11.6 Å². The van der Waals surface area contributed by atoms with E-state index in [0.29, 0.717) is 45.1 Å². The maximum Gasteiger partial charge on any atom is 0.331 e. The fraction of sp³-hybridized carbons (Fsp3) is 0.903. The van der Waals surface area contributed by atoms with E-state index in [9.17, 15) is 25.2 Å². The van der Waals surface area contributed by atoms with Crippen LogP contribution in [-0.4, -0.2) is 102 Å². The number of ether oxygens (including phenoxy) is 5. The highest BCUT2D eigenvalue weighted by molar-refractivity contribution is 5.85. The zero-order chi connectivity index (χ0) is 29.4. The second kappa shape index (κ2) is 10.5. The van der Waals surface area contributed by atoms with Gasteiger partial charge in [-0.2, -0.15) is 0 Å². The quantitative estimate of drug-likeness (QED) is 0.271. The fourth-order valence-corrected chi connectivity index (χ4v) is 10.5. The van der Waals surface area contributed by atoms with Gasteiger partial charge in [-0.15, -0.1) is 0 Å². The molecule has 4 saturated carbocycles. The molecule has 0 bridgehead atoms. The molecule has 2 heterocycles.